The van der Waals surface area contributed by atoms with Gasteiger partial charge in [0.25, 0.3) is 0 Å². The first kappa shape index (κ1) is 14.8. The van der Waals surface area contributed by atoms with Crippen LogP contribution in [0.2, 0.25) is 0 Å². The van der Waals surface area contributed by atoms with Crippen LogP contribution in [0, 0.1) is 18.6 Å². The van der Waals surface area contributed by atoms with Crippen molar-refractivity contribution in [1.29, 1.82) is 0 Å². The third kappa shape index (κ3) is 2.36. The number of aryl methyl sites for hydroxylation is 2. The van der Waals surface area contributed by atoms with Gasteiger partial charge in [0.2, 0.25) is 0 Å². The number of aromatic nitrogens is 3. The summed E-state index contributed by atoms with van der Waals surface area (Å²) in [5.41, 5.74) is 4.55. The molecule has 1 aromatic heterocycles. The molecule has 0 aliphatic carbocycles. The second-order valence-corrected chi connectivity index (χ2v) is 6.39. The largest absolute Gasteiger partial charge is 0.268 e. The molecule has 0 unspecified atom stereocenters. The molecule has 3 aromatic carbocycles. The smallest absolute Gasteiger partial charge is 0.200 e. The Hall–Kier alpha value is -2.72. The summed E-state index contributed by atoms with van der Waals surface area (Å²) in [6.07, 6.45) is 0. The summed E-state index contributed by atoms with van der Waals surface area (Å²) in [4.78, 5) is 0. The van der Waals surface area contributed by atoms with Gasteiger partial charge in [-0.2, -0.15) is 5.10 Å². The molecular formula is C20H17N3S. The van der Waals surface area contributed by atoms with Gasteiger partial charge >= 0.3 is 0 Å². The van der Waals surface area contributed by atoms with Crippen molar-refractivity contribution in [2.24, 2.45) is 0 Å². The molecule has 4 rings (SSSR count). The van der Waals surface area contributed by atoms with Crippen LogP contribution in [0.15, 0.2) is 60.7 Å². The fraction of sp³-hybridized carbons (Fsp3) is 0.100. The molecule has 0 saturated heterocycles. The first-order chi connectivity index (χ1) is 11.6. The lowest BCUT2D eigenvalue weighted by Crippen LogP contribution is -2.00. The van der Waals surface area contributed by atoms with Crippen molar-refractivity contribution in [3.8, 4) is 17.1 Å². The van der Waals surface area contributed by atoms with E-state index in [0.29, 0.717) is 4.77 Å². The van der Waals surface area contributed by atoms with Crippen LogP contribution in [0.25, 0.3) is 27.8 Å². The van der Waals surface area contributed by atoms with Gasteiger partial charge in [0.1, 0.15) is 0 Å². The zero-order chi connectivity index (χ0) is 16.7. The summed E-state index contributed by atoms with van der Waals surface area (Å²) in [5, 5.41) is 9.80. The van der Waals surface area contributed by atoms with Crippen molar-refractivity contribution in [1.82, 2.24) is 14.8 Å². The van der Waals surface area contributed by atoms with Gasteiger partial charge < -0.3 is 0 Å². The molecule has 24 heavy (non-hydrogen) atoms. The summed E-state index contributed by atoms with van der Waals surface area (Å²) >= 11 is 5.53. The van der Waals surface area contributed by atoms with Crippen LogP contribution in [0.1, 0.15) is 11.1 Å². The number of nitrogens with zero attached hydrogens (tertiary/aromatic N) is 2. The second kappa shape index (κ2) is 5.73. The van der Waals surface area contributed by atoms with E-state index in [2.05, 4.69) is 72.6 Å². The molecule has 1 N–H and O–H groups in total. The number of benzene rings is 3. The van der Waals surface area contributed by atoms with E-state index in [4.69, 9.17) is 12.2 Å². The maximum Gasteiger partial charge on any atom is 0.200 e. The number of hydrogen-bond acceptors (Lipinski definition) is 2. The van der Waals surface area contributed by atoms with Gasteiger partial charge in [0.05, 0.1) is 5.69 Å². The molecule has 0 fully saturated rings. The Morgan fingerprint density at radius 1 is 0.958 bits per heavy atom. The molecule has 3 nitrogen and oxygen atoms in total. The van der Waals surface area contributed by atoms with Gasteiger partial charge in [-0.05, 0) is 43.1 Å². The Morgan fingerprint density at radius 2 is 1.75 bits per heavy atom. The standard InChI is InChI=1S/C20H17N3S/c1-13-10-11-16(14(2)12-13)19-21-22-20(24)23(19)18-9-5-7-15-6-3-4-8-17(15)18/h3-12H,1-2H3,(H,22,24). The molecule has 0 amide bonds. The van der Waals surface area contributed by atoms with E-state index < -0.39 is 0 Å². The zero-order valence-corrected chi connectivity index (χ0v) is 14.4. The number of nitrogens with one attached hydrogen (secondary N) is 1. The second-order valence-electron chi connectivity index (χ2n) is 6.00. The monoisotopic (exact) mass is 331 g/mol. The summed E-state index contributed by atoms with van der Waals surface area (Å²) in [6, 6.07) is 21.0. The van der Waals surface area contributed by atoms with Crippen LogP contribution >= 0.6 is 12.2 Å². The van der Waals surface area contributed by atoms with Crippen molar-refractivity contribution in [3.63, 3.8) is 0 Å². The predicted molar refractivity (Wildman–Crippen MR) is 101 cm³/mol. The summed E-state index contributed by atoms with van der Waals surface area (Å²) < 4.78 is 2.62. The quantitative estimate of drug-likeness (QED) is 0.501. The van der Waals surface area contributed by atoms with E-state index in [1.165, 1.54) is 16.5 Å². The average molecular weight is 331 g/mol. The summed E-state index contributed by atoms with van der Waals surface area (Å²) in [6.45, 7) is 4.20. The number of hydrogen-bond donors (Lipinski definition) is 1. The Balaban J connectivity index is 2.03. The van der Waals surface area contributed by atoms with Gasteiger partial charge in [-0.15, -0.1) is 0 Å². The predicted octanol–water partition coefficient (Wildman–Crippen LogP) is 5.37. The summed E-state index contributed by atoms with van der Waals surface area (Å²) in [7, 11) is 0. The zero-order valence-electron chi connectivity index (χ0n) is 13.6. The number of fused-ring (bicyclic) bond motifs is 1. The molecule has 0 radical (unpaired) electrons. The SMILES string of the molecule is Cc1ccc(-c2n[nH]c(=S)n2-c2cccc3ccccc23)c(C)c1. The highest BCUT2D eigenvalue weighted by molar-refractivity contribution is 7.71. The van der Waals surface area contributed by atoms with Crippen molar-refractivity contribution < 1.29 is 0 Å². The van der Waals surface area contributed by atoms with Crippen LogP contribution in [0.5, 0.6) is 0 Å². The average Bonchev–Trinajstić information content (AvgIpc) is 2.95. The summed E-state index contributed by atoms with van der Waals surface area (Å²) in [5.74, 6) is 0.842. The highest BCUT2D eigenvalue weighted by Gasteiger charge is 2.14. The fourth-order valence-corrected chi connectivity index (χ4v) is 3.40. The Morgan fingerprint density at radius 3 is 2.58 bits per heavy atom. The minimum Gasteiger partial charge on any atom is -0.268 e. The van der Waals surface area contributed by atoms with E-state index in [9.17, 15) is 0 Å². The van der Waals surface area contributed by atoms with E-state index in [0.717, 1.165) is 22.5 Å². The van der Waals surface area contributed by atoms with Crippen LogP contribution in [-0.2, 0) is 0 Å². The molecular weight excluding hydrogens is 314 g/mol. The highest BCUT2D eigenvalue weighted by Crippen LogP contribution is 2.29. The van der Waals surface area contributed by atoms with Crippen molar-refractivity contribution in [2.45, 2.75) is 13.8 Å². The number of H-pyrrole nitrogens is 1. The molecule has 4 heteroatoms. The lowest BCUT2D eigenvalue weighted by Gasteiger charge is -2.12. The third-order valence-electron chi connectivity index (χ3n) is 4.30. The molecule has 4 aromatic rings. The lowest BCUT2D eigenvalue weighted by molar-refractivity contribution is 1.04. The molecule has 0 atom stereocenters. The van der Waals surface area contributed by atoms with Crippen LogP contribution in [0.4, 0.5) is 0 Å². The molecule has 0 bridgehead atoms. The first-order valence-corrected chi connectivity index (χ1v) is 8.29. The normalized spacial score (nSPS) is 11.1. The van der Waals surface area contributed by atoms with E-state index in [-0.39, 0.29) is 0 Å². The van der Waals surface area contributed by atoms with Gasteiger partial charge in [0.15, 0.2) is 10.6 Å². The van der Waals surface area contributed by atoms with Gasteiger partial charge in [-0.3, -0.25) is 9.67 Å². The van der Waals surface area contributed by atoms with Gasteiger partial charge in [0, 0.05) is 10.9 Å². The van der Waals surface area contributed by atoms with Crippen LogP contribution < -0.4 is 0 Å². The van der Waals surface area contributed by atoms with Crippen molar-refractivity contribution >= 4 is 23.0 Å². The minimum absolute atomic E-state index is 0.598. The molecule has 0 saturated carbocycles. The topological polar surface area (TPSA) is 33.6 Å². The van der Waals surface area contributed by atoms with Gasteiger partial charge in [-0.25, -0.2) is 0 Å². The highest BCUT2D eigenvalue weighted by atomic mass is 32.1. The molecule has 0 spiro atoms. The Bertz CT molecular complexity index is 1100. The van der Waals surface area contributed by atoms with Crippen LogP contribution in [0.3, 0.4) is 0 Å². The Labute approximate surface area is 145 Å². The lowest BCUT2D eigenvalue weighted by atomic mass is 10.0. The molecule has 0 aliphatic rings. The van der Waals surface area contributed by atoms with Gasteiger partial charge in [-0.1, -0.05) is 60.2 Å². The van der Waals surface area contributed by atoms with Crippen molar-refractivity contribution in [2.75, 3.05) is 0 Å². The van der Waals surface area contributed by atoms with E-state index in [1.54, 1.807) is 0 Å². The third-order valence-corrected chi connectivity index (χ3v) is 4.58. The first-order valence-electron chi connectivity index (χ1n) is 7.88. The minimum atomic E-state index is 0.598. The van der Waals surface area contributed by atoms with E-state index in [1.807, 2.05) is 16.7 Å². The number of rotatable bonds is 2. The maximum absolute atomic E-state index is 5.53. The fourth-order valence-electron chi connectivity index (χ4n) is 3.17. The Kier molecular flexibility index (Phi) is 3.54. The van der Waals surface area contributed by atoms with E-state index >= 15 is 0 Å². The molecule has 118 valence electrons. The maximum atomic E-state index is 5.53. The van der Waals surface area contributed by atoms with Crippen LogP contribution in [-0.4, -0.2) is 14.8 Å². The number of aromatic amines is 1. The van der Waals surface area contributed by atoms with Crippen molar-refractivity contribution in [3.05, 3.63) is 76.6 Å². The molecule has 1 heterocycles. The molecule has 0 aliphatic heterocycles.